The van der Waals surface area contributed by atoms with Gasteiger partial charge in [0.1, 0.15) is 0 Å². The highest BCUT2D eigenvalue weighted by molar-refractivity contribution is 5.72. The first kappa shape index (κ1) is 9.79. The van der Waals surface area contributed by atoms with Gasteiger partial charge in [-0.1, -0.05) is 48.1 Å². The van der Waals surface area contributed by atoms with Crippen molar-refractivity contribution in [3.63, 3.8) is 0 Å². The molecule has 0 nitrogen and oxygen atoms in total. The zero-order valence-corrected chi connectivity index (χ0v) is 8.59. The minimum atomic E-state index is 1.12. The highest BCUT2D eigenvalue weighted by Crippen LogP contribution is 2.20. The molecule has 0 fully saturated rings. The molecule has 0 aliphatic carbocycles. The van der Waals surface area contributed by atoms with Crippen molar-refractivity contribution in [2.45, 2.75) is 20.8 Å². The van der Waals surface area contributed by atoms with Crippen LogP contribution < -0.4 is 0 Å². The van der Waals surface area contributed by atoms with Gasteiger partial charge in [0.2, 0.25) is 0 Å². The number of allylic oxidation sites excluding steroid dienone is 2. The molecule has 0 heteroatoms. The molecule has 0 atom stereocenters. The molecule has 13 heavy (non-hydrogen) atoms. The third kappa shape index (κ3) is 2.32. The second kappa shape index (κ2) is 4.08. The van der Waals surface area contributed by atoms with E-state index in [1.807, 2.05) is 13.8 Å². The van der Waals surface area contributed by atoms with Gasteiger partial charge in [0.15, 0.2) is 0 Å². The Labute approximate surface area is 80.6 Å². The summed E-state index contributed by atoms with van der Waals surface area (Å²) in [7, 11) is 0. The SMILES string of the molecule is C=C(C)c1ccc(C)cc1/C=C\C. The molecule has 68 valence electrons. The van der Waals surface area contributed by atoms with Gasteiger partial charge in [-0.3, -0.25) is 0 Å². The molecule has 0 bridgehead atoms. The predicted molar refractivity (Wildman–Crippen MR) is 60.6 cm³/mol. The van der Waals surface area contributed by atoms with Gasteiger partial charge in [0, 0.05) is 0 Å². The molecule has 0 aromatic heterocycles. The minimum Gasteiger partial charge on any atom is -0.0955 e. The van der Waals surface area contributed by atoms with Crippen LogP contribution in [-0.2, 0) is 0 Å². The highest BCUT2D eigenvalue weighted by Gasteiger charge is 1.99. The lowest BCUT2D eigenvalue weighted by atomic mass is 9.99. The second-order valence-electron chi connectivity index (χ2n) is 3.37. The van der Waals surface area contributed by atoms with E-state index < -0.39 is 0 Å². The molecular formula is C13H16. The lowest BCUT2D eigenvalue weighted by Crippen LogP contribution is -1.85. The first-order valence-corrected chi connectivity index (χ1v) is 4.54. The Bertz CT molecular complexity index is 343. The highest BCUT2D eigenvalue weighted by atomic mass is 14.0. The molecule has 0 spiro atoms. The lowest BCUT2D eigenvalue weighted by molar-refractivity contribution is 1.43. The molecule has 1 rings (SSSR count). The summed E-state index contributed by atoms with van der Waals surface area (Å²) in [6, 6.07) is 6.44. The van der Waals surface area contributed by atoms with E-state index in [0.717, 1.165) is 5.57 Å². The largest absolute Gasteiger partial charge is 0.0955 e. The summed E-state index contributed by atoms with van der Waals surface area (Å²) in [5.74, 6) is 0. The fourth-order valence-corrected chi connectivity index (χ4v) is 1.39. The van der Waals surface area contributed by atoms with Crippen LogP contribution in [0.5, 0.6) is 0 Å². The molecule has 0 N–H and O–H groups in total. The smallest absolute Gasteiger partial charge is 0.0161 e. The number of rotatable bonds is 2. The molecule has 1 aromatic rings. The molecule has 1 aromatic carbocycles. The zero-order valence-electron chi connectivity index (χ0n) is 8.59. The van der Waals surface area contributed by atoms with E-state index in [9.17, 15) is 0 Å². The molecule has 0 heterocycles. The van der Waals surface area contributed by atoms with E-state index in [0.29, 0.717) is 0 Å². The Morgan fingerprint density at radius 1 is 1.38 bits per heavy atom. The maximum absolute atomic E-state index is 3.96. The van der Waals surface area contributed by atoms with Gasteiger partial charge in [-0.25, -0.2) is 0 Å². The fourth-order valence-electron chi connectivity index (χ4n) is 1.39. The van der Waals surface area contributed by atoms with E-state index in [4.69, 9.17) is 0 Å². The van der Waals surface area contributed by atoms with Gasteiger partial charge in [0.25, 0.3) is 0 Å². The van der Waals surface area contributed by atoms with Crippen LogP contribution in [0.2, 0.25) is 0 Å². The van der Waals surface area contributed by atoms with Crippen LogP contribution in [-0.4, -0.2) is 0 Å². The normalized spacial score (nSPS) is 10.7. The average Bonchev–Trinajstić information content (AvgIpc) is 2.04. The first-order chi connectivity index (χ1) is 6.15. The van der Waals surface area contributed by atoms with Crippen LogP contribution in [0.15, 0.2) is 30.9 Å². The van der Waals surface area contributed by atoms with Crippen molar-refractivity contribution in [1.82, 2.24) is 0 Å². The first-order valence-electron chi connectivity index (χ1n) is 4.54. The molecular weight excluding hydrogens is 156 g/mol. The topological polar surface area (TPSA) is 0 Å². The Hall–Kier alpha value is -1.30. The number of benzene rings is 1. The van der Waals surface area contributed by atoms with E-state index in [2.05, 4.69) is 43.9 Å². The lowest BCUT2D eigenvalue weighted by Gasteiger charge is -2.06. The number of hydrogen-bond acceptors (Lipinski definition) is 0. The van der Waals surface area contributed by atoms with Crippen LogP contribution in [0.3, 0.4) is 0 Å². The Morgan fingerprint density at radius 3 is 2.62 bits per heavy atom. The van der Waals surface area contributed by atoms with Crippen LogP contribution >= 0.6 is 0 Å². The molecule has 0 aliphatic heterocycles. The summed E-state index contributed by atoms with van der Waals surface area (Å²) in [5, 5.41) is 0. The summed E-state index contributed by atoms with van der Waals surface area (Å²) in [5.41, 5.74) is 4.91. The number of hydrogen-bond donors (Lipinski definition) is 0. The van der Waals surface area contributed by atoms with E-state index >= 15 is 0 Å². The van der Waals surface area contributed by atoms with Gasteiger partial charge in [-0.2, -0.15) is 0 Å². The molecule has 0 aliphatic rings. The minimum absolute atomic E-state index is 1.12. The van der Waals surface area contributed by atoms with Gasteiger partial charge in [-0.05, 0) is 31.9 Å². The van der Waals surface area contributed by atoms with Gasteiger partial charge < -0.3 is 0 Å². The van der Waals surface area contributed by atoms with Crippen molar-refractivity contribution in [2.75, 3.05) is 0 Å². The molecule has 0 saturated heterocycles. The third-order valence-corrected chi connectivity index (χ3v) is 2.01. The summed E-state index contributed by atoms with van der Waals surface area (Å²) in [4.78, 5) is 0. The Balaban J connectivity index is 3.26. The van der Waals surface area contributed by atoms with Crippen LogP contribution in [0, 0.1) is 6.92 Å². The monoisotopic (exact) mass is 172 g/mol. The van der Waals surface area contributed by atoms with Crippen molar-refractivity contribution in [2.24, 2.45) is 0 Å². The second-order valence-corrected chi connectivity index (χ2v) is 3.37. The fraction of sp³-hybridized carbons (Fsp3) is 0.231. The summed E-state index contributed by atoms with van der Waals surface area (Å²) < 4.78 is 0. The summed E-state index contributed by atoms with van der Waals surface area (Å²) in [6.07, 6.45) is 4.18. The summed E-state index contributed by atoms with van der Waals surface area (Å²) >= 11 is 0. The van der Waals surface area contributed by atoms with E-state index in [-0.39, 0.29) is 0 Å². The Morgan fingerprint density at radius 2 is 2.08 bits per heavy atom. The standard InChI is InChI=1S/C13H16/c1-5-6-12-9-11(4)7-8-13(12)10(2)3/h5-9H,2H2,1,3-4H3/b6-5-. The van der Waals surface area contributed by atoms with E-state index in [1.54, 1.807) is 0 Å². The maximum Gasteiger partial charge on any atom is -0.0161 e. The average molecular weight is 172 g/mol. The van der Waals surface area contributed by atoms with Gasteiger partial charge >= 0.3 is 0 Å². The van der Waals surface area contributed by atoms with Crippen LogP contribution in [0.25, 0.3) is 11.6 Å². The molecule has 0 radical (unpaired) electrons. The molecule has 0 saturated carbocycles. The van der Waals surface area contributed by atoms with Crippen molar-refractivity contribution in [3.05, 3.63) is 47.5 Å². The maximum atomic E-state index is 3.96. The quantitative estimate of drug-likeness (QED) is 0.631. The van der Waals surface area contributed by atoms with Crippen molar-refractivity contribution in [3.8, 4) is 0 Å². The number of aryl methyl sites for hydroxylation is 1. The van der Waals surface area contributed by atoms with Gasteiger partial charge in [0.05, 0.1) is 0 Å². The van der Waals surface area contributed by atoms with Crippen LogP contribution in [0.1, 0.15) is 30.5 Å². The molecule has 0 unspecified atom stereocenters. The third-order valence-electron chi connectivity index (χ3n) is 2.01. The van der Waals surface area contributed by atoms with Gasteiger partial charge in [-0.15, -0.1) is 0 Å². The molecule has 0 amide bonds. The summed E-state index contributed by atoms with van der Waals surface area (Å²) in [6.45, 7) is 10.1. The predicted octanol–water partition coefficient (Wildman–Crippen LogP) is 4.06. The van der Waals surface area contributed by atoms with Crippen molar-refractivity contribution in [1.29, 1.82) is 0 Å². The van der Waals surface area contributed by atoms with Crippen molar-refractivity contribution >= 4 is 11.6 Å². The van der Waals surface area contributed by atoms with Crippen molar-refractivity contribution < 1.29 is 0 Å². The van der Waals surface area contributed by atoms with Crippen LogP contribution in [0.4, 0.5) is 0 Å². The Kier molecular flexibility index (Phi) is 3.07. The van der Waals surface area contributed by atoms with E-state index in [1.165, 1.54) is 16.7 Å². The zero-order chi connectivity index (χ0) is 9.84.